The number of hydrogen-bond acceptors (Lipinski definition) is 3. The predicted molar refractivity (Wildman–Crippen MR) is 82.8 cm³/mol. The molecule has 5 heteroatoms. The van der Waals surface area contributed by atoms with Gasteiger partial charge in [-0.15, -0.1) is 0 Å². The highest BCUT2D eigenvalue weighted by atomic mass is 32.2. The normalized spacial score (nSPS) is 15.8. The molecule has 4 nitrogen and oxygen atoms in total. The van der Waals surface area contributed by atoms with Crippen molar-refractivity contribution in [2.45, 2.75) is 54.0 Å². The smallest absolute Gasteiger partial charge is 0.211 e. The van der Waals surface area contributed by atoms with Crippen LogP contribution < -0.4 is 5.32 Å². The fourth-order valence-electron chi connectivity index (χ4n) is 1.85. The maximum atomic E-state index is 11.9. The van der Waals surface area contributed by atoms with E-state index in [2.05, 4.69) is 46.9 Å². The van der Waals surface area contributed by atoms with Gasteiger partial charge in [0.25, 0.3) is 0 Å². The number of likely N-dealkylation sites (N-methyl/N-ethyl adjacent to an activating group) is 1. The number of nitrogens with one attached hydrogen (secondary N) is 1. The molecule has 0 amide bonds. The van der Waals surface area contributed by atoms with E-state index in [0.717, 1.165) is 6.42 Å². The van der Waals surface area contributed by atoms with Crippen LogP contribution in [-0.4, -0.2) is 45.2 Å². The second-order valence-corrected chi connectivity index (χ2v) is 9.62. The van der Waals surface area contributed by atoms with Gasteiger partial charge >= 0.3 is 0 Å². The summed E-state index contributed by atoms with van der Waals surface area (Å²) in [5.41, 5.74) is 0.166. The number of nitrogens with zero attached hydrogens (tertiary/aromatic N) is 1. The van der Waals surface area contributed by atoms with Gasteiger partial charge in [-0.25, -0.2) is 12.7 Å². The van der Waals surface area contributed by atoms with E-state index in [-0.39, 0.29) is 16.9 Å². The summed E-state index contributed by atoms with van der Waals surface area (Å²) in [4.78, 5) is 0. The Bertz CT molecular complexity index is 364. The molecule has 0 saturated carbocycles. The Morgan fingerprint density at radius 2 is 1.58 bits per heavy atom. The minimum Gasteiger partial charge on any atom is -0.315 e. The Labute approximate surface area is 120 Å². The van der Waals surface area contributed by atoms with Crippen molar-refractivity contribution >= 4 is 10.0 Å². The Hall–Kier alpha value is -0.130. The SMILES string of the molecule is CN[C@H](CN(CCC(C)(C)C)S(C)(=O)=O)C(C)(C)C. The molecule has 0 heterocycles. The van der Waals surface area contributed by atoms with Gasteiger partial charge in [0.2, 0.25) is 10.0 Å². The molecule has 0 bridgehead atoms. The van der Waals surface area contributed by atoms with Crippen molar-refractivity contribution in [1.29, 1.82) is 0 Å². The van der Waals surface area contributed by atoms with Crippen molar-refractivity contribution in [2.24, 2.45) is 10.8 Å². The number of hydrogen-bond donors (Lipinski definition) is 1. The third-order valence-corrected chi connectivity index (χ3v) is 4.63. The van der Waals surface area contributed by atoms with Crippen LogP contribution in [0.3, 0.4) is 0 Å². The molecule has 0 aliphatic rings. The summed E-state index contributed by atoms with van der Waals surface area (Å²) in [6, 6.07) is 0.141. The second-order valence-electron chi connectivity index (χ2n) is 7.64. The lowest BCUT2D eigenvalue weighted by Crippen LogP contribution is -2.49. The van der Waals surface area contributed by atoms with Crippen LogP contribution in [0.4, 0.5) is 0 Å². The van der Waals surface area contributed by atoms with E-state index in [9.17, 15) is 8.42 Å². The fourth-order valence-corrected chi connectivity index (χ4v) is 2.70. The van der Waals surface area contributed by atoms with Crippen LogP contribution in [0.15, 0.2) is 0 Å². The summed E-state index contributed by atoms with van der Waals surface area (Å²) in [5, 5.41) is 3.24. The largest absolute Gasteiger partial charge is 0.315 e. The molecule has 0 aromatic carbocycles. The van der Waals surface area contributed by atoms with Crippen LogP contribution in [0, 0.1) is 10.8 Å². The lowest BCUT2D eigenvalue weighted by Gasteiger charge is -2.35. The van der Waals surface area contributed by atoms with Crippen molar-refractivity contribution in [1.82, 2.24) is 9.62 Å². The first-order valence-electron chi connectivity index (χ1n) is 6.90. The monoisotopic (exact) mass is 292 g/mol. The number of sulfonamides is 1. The van der Waals surface area contributed by atoms with Gasteiger partial charge in [-0.3, -0.25) is 0 Å². The maximum Gasteiger partial charge on any atom is 0.211 e. The van der Waals surface area contributed by atoms with Gasteiger partial charge in [-0.05, 0) is 24.3 Å². The highest BCUT2D eigenvalue weighted by molar-refractivity contribution is 7.88. The molecular weight excluding hydrogens is 260 g/mol. The Kier molecular flexibility index (Phi) is 6.50. The van der Waals surface area contributed by atoms with E-state index in [0.29, 0.717) is 13.1 Å². The van der Waals surface area contributed by atoms with Gasteiger partial charge in [0.1, 0.15) is 0 Å². The molecule has 0 unspecified atom stereocenters. The minimum absolute atomic E-state index is 0.0272. The van der Waals surface area contributed by atoms with Crippen LogP contribution in [0.2, 0.25) is 0 Å². The molecule has 0 spiro atoms. The van der Waals surface area contributed by atoms with E-state index in [4.69, 9.17) is 0 Å². The molecule has 0 aliphatic heterocycles. The quantitative estimate of drug-likeness (QED) is 0.817. The van der Waals surface area contributed by atoms with Gasteiger partial charge in [-0.2, -0.15) is 0 Å². The van der Waals surface area contributed by atoms with Crippen molar-refractivity contribution in [3.05, 3.63) is 0 Å². The van der Waals surface area contributed by atoms with Crippen LogP contribution in [0.25, 0.3) is 0 Å². The van der Waals surface area contributed by atoms with Gasteiger partial charge in [0.05, 0.1) is 6.26 Å². The van der Waals surface area contributed by atoms with Crippen LogP contribution in [-0.2, 0) is 10.0 Å². The standard InChI is InChI=1S/C14H32N2O2S/c1-13(2,3)9-10-16(19(8,17)18)11-12(15-7)14(4,5)6/h12,15H,9-11H2,1-8H3/t12-/m1/s1. The van der Waals surface area contributed by atoms with Crippen molar-refractivity contribution in [3.8, 4) is 0 Å². The van der Waals surface area contributed by atoms with Crippen LogP contribution >= 0.6 is 0 Å². The zero-order chi connectivity index (χ0) is 15.5. The van der Waals surface area contributed by atoms with Gasteiger partial charge in [0, 0.05) is 19.1 Å². The summed E-state index contributed by atoms with van der Waals surface area (Å²) in [7, 11) is -1.27. The van der Waals surface area contributed by atoms with Crippen molar-refractivity contribution in [2.75, 3.05) is 26.4 Å². The molecule has 0 radical (unpaired) electrons. The summed E-state index contributed by atoms with van der Waals surface area (Å²) < 4.78 is 25.5. The predicted octanol–water partition coefficient (Wildman–Crippen LogP) is 2.32. The van der Waals surface area contributed by atoms with E-state index < -0.39 is 10.0 Å². The van der Waals surface area contributed by atoms with Crippen LogP contribution in [0.1, 0.15) is 48.0 Å². The second kappa shape index (κ2) is 6.55. The maximum absolute atomic E-state index is 11.9. The summed E-state index contributed by atoms with van der Waals surface area (Å²) in [6.07, 6.45) is 2.16. The zero-order valence-electron chi connectivity index (χ0n) is 13.9. The first kappa shape index (κ1) is 18.9. The van der Waals surface area contributed by atoms with E-state index >= 15 is 0 Å². The first-order chi connectivity index (χ1) is 8.27. The Morgan fingerprint density at radius 3 is 1.84 bits per heavy atom. The average Bonchev–Trinajstić information content (AvgIpc) is 2.11. The van der Waals surface area contributed by atoms with Crippen molar-refractivity contribution < 1.29 is 8.42 Å². The zero-order valence-corrected chi connectivity index (χ0v) is 14.7. The Balaban J connectivity index is 4.89. The molecule has 1 atom stereocenters. The third-order valence-electron chi connectivity index (χ3n) is 3.36. The third kappa shape index (κ3) is 7.90. The van der Waals surface area contributed by atoms with Gasteiger partial charge in [-0.1, -0.05) is 41.5 Å². The summed E-state index contributed by atoms with van der Waals surface area (Å²) >= 11 is 0. The fraction of sp³-hybridized carbons (Fsp3) is 1.00. The molecule has 116 valence electrons. The molecular formula is C14H32N2O2S. The molecule has 0 aromatic heterocycles. The molecule has 19 heavy (non-hydrogen) atoms. The molecule has 0 fully saturated rings. The summed E-state index contributed by atoms with van der Waals surface area (Å²) in [5.74, 6) is 0. The molecule has 0 rings (SSSR count). The topological polar surface area (TPSA) is 49.4 Å². The highest BCUT2D eigenvalue weighted by Crippen LogP contribution is 2.23. The first-order valence-corrected chi connectivity index (χ1v) is 8.74. The molecule has 1 N–H and O–H groups in total. The van der Waals surface area contributed by atoms with Gasteiger partial charge in [0.15, 0.2) is 0 Å². The van der Waals surface area contributed by atoms with E-state index in [1.165, 1.54) is 6.26 Å². The average molecular weight is 292 g/mol. The van der Waals surface area contributed by atoms with Crippen LogP contribution in [0.5, 0.6) is 0 Å². The van der Waals surface area contributed by atoms with E-state index in [1.807, 2.05) is 7.05 Å². The van der Waals surface area contributed by atoms with E-state index in [1.54, 1.807) is 4.31 Å². The molecule has 0 aromatic rings. The van der Waals surface area contributed by atoms with Crippen molar-refractivity contribution in [3.63, 3.8) is 0 Å². The minimum atomic E-state index is -3.16. The van der Waals surface area contributed by atoms with Gasteiger partial charge < -0.3 is 5.32 Å². The highest BCUT2D eigenvalue weighted by Gasteiger charge is 2.29. The lowest BCUT2D eigenvalue weighted by molar-refractivity contribution is 0.221. The lowest BCUT2D eigenvalue weighted by atomic mass is 9.86. The molecule has 0 saturated heterocycles. The summed E-state index contributed by atoms with van der Waals surface area (Å²) in [6.45, 7) is 13.9. The number of rotatable bonds is 6. The molecule has 0 aliphatic carbocycles. The Morgan fingerprint density at radius 1 is 1.11 bits per heavy atom.